The fourth-order valence-corrected chi connectivity index (χ4v) is 3.72. The van der Waals surface area contributed by atoms with E-state index in [-0.39, 0.29) is 30.0 Å². The number of amides is 3. The number of carbonyl (C=O) groups excluding carboxylic acids is 3. The first-order chi connectivity index (χ1) is 13.4. The van der Waals surface area contributed by atoms with Gasteiger partial charge in [0.15, 0.2) is 5.69 Å². The molecular formula is C18H19FN6O3. The summed E-state index contributed by atoms with van der Waals surface area (Å²) in [4.78, 5) is 38.0. The number of nitrogens with two attached hydrogens (primary N) is 1. The van der Waals surface area contributed by atoms with Crippen molar-refractivity contribution in [1.29, 1.82) is 0 Å². The molecule has 3 N–H and O–H groups in total. The van der Waals surface area contributed by atoms with Gasteiger partial charge in [-0.05, 0) is 43.0 Å². The summed E-state index contributed by atoms with van der Waals surface area (Å²) in [5.74, 6) is -2.53. The topological polar surface area (TPSA) is 123 Å². The van der Waals surface area contributed by atoms with E-state index in [0.717, 1.165) is 0 Å². The molecule has 3 amide bonds. The monoisotopic (exact) mass is 386 g/mol. The van der Waals surface area contributed by atoms with Gasteiger partial charge in [-0.2, -0.15) is 0 Å². The molecule has 2 aliphatic rings. The Morgan fingerprint density at radius 1 is 1.25 bits per heavy atom. The van der Waals surface area contributed by atoms with Gasteiger partial charge >= 0.3 is 0 Å². The Bertz CT molecular complexity index is 951. The molecule has 146 valence electrons. The summed E-state index contributed by atoms with van der Waals surface area (Å²) >= 11 is 0. The van der Waals surface area contributed by atoms with Crippen LogP contribution in [0.5, 0.6) is 0 Å². The third-order valence-electron chi connectivity index (χ3n) is 5.28. The molecule has 1 aromatic carbocycles. The van der Waals surface area contributed by atoms with Crippen molar-refractivity contribution in [2.24, 2.45) is 11.7 Å². The van der Waals surface area contributed by atoms with Crippen LogP contribution in [0.2, 0.25) is 0 Å². The summed E-state index contributed by atoms with van der Waals surface area (Å²) < 4.78 is 15.1. The van der Waals surface area contributed by atoms with Gasteiger partial charge in [0, 0.05) is 18.8 Å². The van der Waals surface area contributed by atoms with Crippen LogP contribution < -0.4 is 11.1 Å². The number of piperidine rings is 1. The fourth-order valence-electron chi connectivity index (χ4n) is 3.72. The number of anilines is 1. The van der Waals surface area contributed by atoms with Crippen molar-refractivity contribution < 1.29 is 18.8 Å². The van der Waals surface area contributed by atoms with Crippen molar-refractivity contribution in [1.82, 2.24) is 19.9 Å². The van der Waals surface area contributed by atoms with Crippen LogP contribution >= 0.6 is 0 Å². The summed E-state index contributed by atoms with van der Waals surface area (Å²) in [6.07, 6.45) is 2.92. The van der Waals surface area contributed by atoms with E-state index in [4.69, 9.17) is 5.73 Å². The SMILES string of the molecule is NC(=O)c1cn(C2CCN(C(=O)C3Cc4cc(F)ccc4NC3=O)CC2)nn1. The minimum absolute atomic E-state index is 0.000320. The number of primary amides is 1. The van der Waals surface area contributed by atoms with Crippen molar-refractivity contribution in [2.45, 2.75) is 25.3 Å². The largest absolute Gasteiger partial charge is 0.364 e. The molecule has 28 heavy (non-hydrogen) atoms. The Morgan fingerprint density at radius 3 is 2.68 bits per heavy atom. The maximum Gasteiger partial charge on any atom is 0.270 e. The van der Waals surface area contributed by atoms with Crippen molar-refractivity contribution >= 4 is 23.4 Å². The molecule has 2 aromatic rings. The van der Waals surface area contributed by atoms with Crippen molar-refractivity contribution in [3.8, 4) is 0 Å². The van der Waals surface area contributed by atoms with Crippen LogP contribution in [0.1, 0.15) is 34.9 Å². The lowest BCUT2D eigenvalue weighted by Crippen LogP contribution is -2.47. The standard InChI is InChI=1S/C18H19FN6O3/c19-11-1-2-14-10(7-11)8-13(17(27)21-14)18(28)24-5-3-12(4-6-24)25-9-15(16(20)26)22-23-25/h1-2,7,9,12-13H,3-6,8H2,(H2,20,26)(H,21,27). The number of halogens is 1. The molecule has 1 aromatic heterocycles. The predicted octanol–water partition coefficient (Wildman–Crippen LogP) is 0.491. The molecule has 0 aliphatic carbocycles. The van der Waals surface area contributed by atoms with Gasteiger partial charge in [-0.3, -0.25) is 14.4 Å². The van der Waals surface area contributed by atoms with Gasteiger partial charge in [0.25, 0.3) is 5.91 Å². The summed E-state index contributed by atoms with van der Waals surface area (Å²) in [7, 11) is 0. The Labute approximate surface area is 159 Å². The van der Waals surface area contributed by atoms with Crippen LogP contribution in [-0.4, -0.2) is 50.7 Å². The van der Waals surface area contributed by atoms with Crippen molar-refractivity contribution in [2.75, 3.05) is 18.4 Å². The van der Waals surface area contributed by atoms with E-state index in [1.165, 1.54) is 24.4 Å². The third-order valence-corrected chi connectivity index (χ3v) is 5.28. The number of likely N-dealkylation sites (tertiary alicyclic amines) is 1. The summed E-state index contributed by atoms with van der Waals surface area (Å²) in [6, 6.07) is 4.13. The van der Waals surface area contributed by atoms with Crippen LogP contribution in [0.4, 0.5) is 10.1 Å². The fraction of sp³-hybridized carbons (Fsp3) is 0.389. The highest BCUT2D eigenvalue weighted by molar-refractivity contribution is 6.08. The molecule has 0 saturated carbocycles. The Kier molecular flexibility index (Phi) is 4.54. The Morgan fingerprint density at radius 2 is 2.00 bits per heavy atom. The normalized spacial score (nSPS) is 19.8. The molecule has 2 aliphatic heterocycles. The van der Waals surface area contributed by atoms with Crippen LogP contribution in [-0.2, 0) is 16.0 Å². The van der Waals surface area contributed by atoms with E-state index < -0.39 is 17.6 Å². The van der Waals surface area contributed by atoms with Gasteiger partial charge in [0.2, 0.25) is 11.8 Å². The second kappa shape index (κ2) is 7.02. The first-order valence-electron chi connectivity index (χ1n) is 9.02. The van der Waals surface area contributed by atoms with Crippen LogP contribution in [0.25, 0.3) is 0 Å². The summed E-state index contributed by atoms with van der Waals surface area (Å²) in [5.41, 5.74) is 6.46. The van der Waals surface area contributed by atoms with Crippen LogP contribution in [0, 0.1) is 11.7 Å². The number of fused-ring (bicyclic) bond motifs is 1. The number of nitrogens with zero attached hydrogens (tertiary/aromatic N) is 4. The van der Waals surface area contributed by atoms with E-state index >= 15 is 0 Å². The van der Waals surface area contributed by atoms with Gasteiger partial charge < -0.3 is 16.0 Å². The lowest BCUT2D eigenvalue weighted by atomic mass is 9.91. The average Bonchev–Trinajstić information content (AvgIpc) is 3.18. The molecule has 1 atom stereocenters. The second-order valence-electron chi connectivity index (χ2n) is 7.05. The quantitative estimate of drug-likeness (QED) is 0.743. The minimum atomic E-state index is -0.862. The minimum Gasteiger partial charge on any atom is -0.364 e. The highest BCUT2D eigenvalue weighted by Crippen LogP contribution is 2.29. The summed E-state index contributed by atoms with van der Waals surface area (Å²) in [6.45, 7) is 0.907. The number of aromatic nitrogens is 3. The van der Waals surface area contributed by atoms with Crippen molar-refractivity contribution in [3.63, 3.8) is 0 Å². The lowest BCUT2D eigenvalue weighted by molar-refractivity contribution is -0.141. The molecule has 9 nitrogen and oxygen atoms in total. The molecule has 1 unspecified atom stereocenters. The molecule has 4 rings (SSSR count). The zero-order chi connectivity index (χ0) is 19.8. The highest BCUT2D eigenvalue weighted by atomic mass is 19.1. The molecule has 0 bridgehead atoms. The molecule has 0 spiro atoms. The van der Waals surface area contributed by atoms with Crippen LogP contribution in [0.15, 0.2) is 24.4 Å². The number of hydrogen-bond donors (Lipinski definition) is 2. The number of benzene rings is 1. The maximum atomic E-state index is 13.5. The lowest BCUT2D eigenvalue weighted by Gasteiger charge is -2.35. The van der Waals surface area contributed by atoms with E-state index in [2.05, 4.69) is 15.6 Å². The zero-order valence-electron chi connectivity index (χ0n) is 15.0. The van der Waals surface area contributed by atoms with Crippen molar-refractivity contribution in [3.05, 3.63) is 41.5 Å². The first-order valence-corrected chi connectivity index (χ1v) is 9.02. The highest BCUT2D eigenvalue weighted by Gasteiger charge is 2.36. The number of hydrogen-bond acceptors (Lipinski definition) is 5. The van der Waals surface area contributed by atoms with Crippen LogP contribution in [0.3, 0.4) is 0 Å². The van der Waals surface area contributed by atoms with E-state index in [0.29, 0.717) is 37.2 Å². The van der Waals surface area contributed by atoms with Gasteiger partial charge in [-0.15, -0.1) is 5.10 Å². The molecule has 1 fully saturated rings. The number of carbonyl (C=O) groups is 3. The molecule has 10 heteroatoms. The third kappa shape index (κ3) is 3.32. The second-order valence-corrected chi connectivity index (χ2v) is 7.05. The van der Waals surface area contributed by atoms with Gasteiger partial charge in [-0.25, -0.2) is 9.07 Å². The molecule has 0 radical (unpaired) electrons. The predicted molar refractivity (Wildman–Crippen MR) is 95.6 cm³/mol. The van der Waals surface area contributed by atoms with Gasteiger partial charge in [0.1, 0.15) is 11.7 Å². The molecular weight excluding hydrogens is 367 g/mol. The maximum absolute atomic E-state index is 13.5. The van der Waals surface area contributed by atoms with E-state index in [1.807, 2.05) is 0 Å². The number of rotatable bonds is 3. The molecule has 1 saturated heterocycles. The number of nitrogens with one attached hydrogen (secondary N) is 1. The summed E-state index contributed by atoms with van der Waals surface area (Å²) in [5, 5.41) is 10.3. The van der Waals surface area contributed by atoms with Gasteiger partial charge in [-0.1, -0.05) is 5.21 Å². The van der Waals surface area contributed by atoms with E-state index in [1.54, 1.807) is 9.58 Å². The van der Waals surface area contributed by atoms with E-state index in [9.17, 15) is 18.8 Å². The smallest absolute Gasteiger partial charge is 0.270 e. The Hall–Kier alpha value is -3.30. The Balaban J connectivity index is 1.41. The average molecular weight is 386 g/mol. The van der Waals surface area contributed by atoms with Gasteiger partial charge in [0.05, 0.1) is 12.2 Å². The zero-order valence-corrected chi connectivity index (χ0v) is 15.0. The first kappa shape index (κ1) is 18.1. The molecule has 3 heterocycles.